The molecule has 1 aliphatic carbocycles. The Morgan fingerprint density at radius 2 is 1.94 bits per heavy atom. The van der Waals surface area contributed by atoms with Crippen molar-refractivity contribution in [2.45, 2.75) is 58.0 Å². The number of hydrogen-bond donors (Lipinski definition) is 2. The van der Waals surface area contributed by atoms with E-state index >= 15 is 0 Å². The van der Waals surface area contributed by atoms with Crippen molar-refractivity contribution in [3.8, 4) is 0 Å². The van der Waals surface area contributed by atoms with Gasteiger partial charge in [-0.1, -0.05) is 6.92 Å². The molecule has 0 spiro atoms. The van der Waals surface area contributed by atoms with Crippen LogP contribution >= 0.6 is 0 Å². The normalized spacial score (nSPS) is 17.4. The van der Waals surface area contributed by atoms with E-state index in [-0.39, 0.29) is 5.54 Å². The van der Waals surface area contributed by atoms with E-state index < -0.39 is 10.2 Å². The zero-order valence-electron chi connectivity index (χ0n) is 12.0. The van der Waals surface area contributed by atoms with E-state index in [4.69, 9.17) is 0 Å². The molecule has 0 aromatic carbocycles. The Labute approximate surface area is 112 Å². The summed E-state index contributed by atoms with van der Waals surface area (Å²) in [4.78, 5) is 0. The molecule has 6 heteroatoms. The van der Waals surface area contributed by atoms with Crippen LogP contribution in [0.4, 0.5) is 0 Å². The van der Waals surface area contributed by atoms with E-state index in [1.54, 1.807) is 7.05 Å². The second-order valence-electron chi connectivity index (χ2n) is 5.75. The topological polar surface area (TPSA) is 61.4 Å². The van der Waals surface area contributed by atoms with Crippen LogP contribution in [0.3, 0.4) is 0 Å². The van der Waals surface area contributed by atoms with Crippen molar-refractivity contribution in [1.82, 2.24) is 14.3 Å². The lowest BCUT2D eigenvalue weighted by Crippen LogP contribution is -2.49. The van der Waals surface area contributed by atoms with Gasteiger partial charge in [-0.15, -0.1) is 0 Å². The maximum absolute atomic E-state index is 12.0. The molecule has 1 rings (SSSR count). The lowest BCUT2D eigenvalue weighted by molar-refractivity contribution is 0.395. The Morgan fingerprint density at radius 3 is 2.44 bits per heavy atom. The molecule has 2 N–H and O–H groups in total. The Kier molecular flexibility index (Phi) is 5.58. The van der Waals surface area contributed by atoms with E-state index in [2.05, 4.69) is 10.0 Å². The fourth-order valence-electron chi connectivity index (χ4n) is 1.51. The third-order valence-electron chi connectivity index (χ3n) is 3.36. The monoisotopic (exact) mass is 277 g/mol. The molecule has 18 heavy (non-hydrogen) atoms. The van der Waals surface area contributed by atoms with Gasteiger partial charge >= 0.3 is 0 Å². The zero-order valence-corrected chi connectivity index (χ0v) is 12.8. The molecule has 0 bridgehead atoms. The van der Waals surface area contributed by atoms with Crippen LogP contribution in [0.1, 0.15) is 46.5 Å². The molecule has 0 amide bonds. The van der Waals surface area contributed by atoms with E-state index in [0.717, 1.165) is 19.4 Å². The van der Waals surface area contributed by atoms with E-state index in [9.17, 15) is 8.42 Å². The highest BCUT2D eigenvalue weighted by Crippen LogP contribution is 2.18. The maximum atomic E-state index is 12.0. The molecular weight excluding hydrogens is 250 g/mol. The highest BCUT2D eigenvalue weighted by Gasteiger charge is 2.26. The van der Waals surface area contributed by atoms with Gasteiger partial charge in [-0.05, 0) is 46.1 Å². The van der Waals surface area contributed by atoms with Crippen LogP contribution in [-0.2, 0) is 10.2 Å². The average Bonchev–Trinajstić information content (AvgIpc) is 3.06. The van der Waals surface area contributed by atoms with Gasteiger partial charge < -0.3 is 5.32 Å². The van der Waals surface area contributed by atoms with Crippen molar-refractivity contribution < 1.29 is 8.42 Å². The van der Waals surface area contributed by atoms with Crippen LogP contribution in [0.15, 0.2) is 0 Å². The molecule has 0 heterocycles. The number of nitrogens with zero attached hydrogens (tertiary/aromatic N) is 1. The summed E-state index contributed by atoms with van der Waals surface area (Å²) in [6, 6.07) is 0.684. The Bertz CT molecular complexity index is 350. The van der Waals surface area contributed by atoms with Gasteiger partial charge in [0.2, 0.25) is 0 Å². The third-order valence-corrected chi connectivity index (χ3v) is 5.17. The number of rotatable bonds is 9. The first-order chi connectivity index (χ1) is 8.27. The molecule has 1 aliphatic rings. The van der Waals surface area contributed by atoms with Crippen molar-refractivity contribution >= 4 is 10.2 Å². The summed E-state index contributed by atoms with van der Waals surface area (Å²) in [5.41, 5.74) is -0.390. The second kappa shape index (κ2) is 6.32. The van der Waals surface area contributed by atoms with Crippen molar-refractivity contribution in [2.24, 2.45) is 0 Å². The van der Waals surface area contributed by atoms with Crippen molar-refractivity contribution in [2.75, 3.05) is 20.1 Å². The van der Waals surface area contributed by atoms with Crippen LogP contribution < -0.4 is 10.0 Å². The second-order valence-corrected chi connectivity index (χ2v) is 7.53. The summed E-state index contributed by atoms with van der Waals surface area (Å²) in [6.45, 7) is 7.21. The van der Waals surface area contributed by atoms with Crippen molar-refractivity contribution in [3.05, 3.63) is 0 Å². The molecule has 108 valence electrons. The fourth-order valence-corrected chi connectivity index (χ4v) is 2.88. The van der Waals surface area contributed by atoms with Crippen molar-refractivity contribution in [1.29, 1.82) is 0 Å². The van der Waals surface area contributed by atoms with Crippen LogP contribution in [0.5, 0.6) is 0 Å². The summed E-state index contributed by atoms with van der Waals surface area (Å²) in [7, 11) is -1.73. The molecule has 1 saturated carbocycles. The Morgan fingerprint density at radius 1 is 1.33 bits per heavy atom. The lowest BCUT2D eigenvalue weighted by atomic mass is 10.0. The first kappa shape index (κ1) is 15.9. The van der Waals surface area contributed by atoms with Gasteiger partial charge in [0, 0.05) is 25.2 Å². The minimum atomic E-state index is -3.36. The molecular formula is C12H27N3O2S. The van der Waals surface area contributed by atoms with E-state index in [1.807, 2.05) is 20.8 Å². The van der Waals surface area contributed by atoms with Crippen LogP contribution in [0.25, 0.3) is 0 Å². The number of nitrogens with one attached hydrogen (secondary N) is 2. The van der Waals surface area contributed by atoms with Gasteiger partial charge in [-0.2, -0.15) is 17.4 Å². The standard InChI is InChI=1S/C12H27N3O2S/c1-5-12(2,3)14-18(16,17)15(4)10-6-9-13-11-7-8-11/h11,13-14H,5-10H2,1-4H3. The Hall–Kier alpha value is -0.170. The molecule has 0 aliphatic heterocycles. The first-order valence-electron chi connectivity index (χ1n) is 6.75. The summed E-state index contributed by atoms with van der Waals surface area (Å²) in [6.07, 6.45) is 4.14. The van der Waals surface area contributed by atoms with Crippen molar-refractivity contribution in [3.63, 3.8) is 0 Å². The van der Waals surface area contributed by atoms with Crippen LogP contribution in [0.2, 0.25) is 0 Å². The Balaban J connectivity index is 2.30. The highest BCUT2D eigenvalue weighted by molar-refractivity contribution is 7.87. The van der Waals surface area contributed by atoms with Gasteiger partial charge in [-0.25, -0.2) is 0 Å². The number of hydrogen-bond acceptors (Lipinski definition) is 3. The maximum Gasteiger partial charge on any atom is 0.279 e. The smallest absolute Gasteiger partial charge is 0.279 e. The summed E-state index contributed by atoms with van der Waals surface area (Å²) in [5.74, 6) is 0. The molecule has 1 fully saturated rings. The van der Waals surface area contributed by atoms with Crippen LogP contribution in [-0.4, -0.2) is 44.4 Å². The fraction of sp³-hybridized carbons (Fsp3) is 1.00. The molecule has 0 atom stereocenters. The largest absolute Gasteiger partial charge is 0.314 e. The lowest BCUT2D eigenvalue weighted by Gasteiger charge is -2.27. The van der Waals surface area contributed by atoms with E-state index in [0.29, 0.717) is 12.6 Å². The molecule has 0 saturated heterocycles. The van der Waals surface area contributed by atoms with Crippen LogP contribution in [0, 0.1) is 0 Å². The minimum Gasteiger partial charge on any atom is -0.314 e. The molecule has 0 unspecified atom stereocenters. The summed E-state index contributed by atoms with van der Waals surface area (Å²) < 4.78 is 28.2. The predicted octanol–water partition coefficient (Wildman–Crippen LogP) is 1.08. The average molecular weight is 277 g/mol. The van der Waals surface area contributed by atoms with Gasteiger partial charge in [0.05, 0.1) is 0 Å². The molecule has 0 radical (unpaired) electrons. The van der Waals surface area contributed by atoms with E-state index in [1.165, 1.54) is 17.1 Å². The predicted molar refractivity (Wildman–Crippen MR) is 74.7 cm³/mol. The van der Waals surface area contributed by atoms with Gasteiger partial charge in [0.25, 0.3) is 10.2 Å². The summed E-state index contributed by atoms with van der Waals surface area (Å²) in [5, 5.41) is 3.38. The zero-order chi connectivity index (χ0) is 13.8. The SMILES string of the molecule is CCC(C)(C)NS(=O)(=O)N(C)CCCNC1CC1. The third kappa shape index (κ3) is 5.65. The van der Waals surface area contributed by atoms with Gasteiger partial charge in [0.1, 0.15) is 0 Å². The minimum absolute atomic E-state index is 0.390. The quantitative estimate of drug-likeness (QED) is 0.620. The van der Waals surface area contributed by atoms with Gasteiger partial charge in [-0.3, -0.25) is 0 Å². The molecule has 5 nitrogen and oxygen atoms in total. The molecule has 0 aromatic heterocycles. The molecule has 0 aromatic rings. The first-order valence-corrected chi connectivity index (χ1v) is 8.19. The van der Waals surface area contributed by atoms with Gasteiger partial charge in [0.15, 0.2) is 0 Å². The summed E-state index contributed by atoms with van der Waals surface area (Å²) >= 11 is 0. The highest BCUT2D eigenvalue weighted by atomic mass is 32.2.